The van der Waals surface area contributed by atoms with Crippen LogP contribution in [0.15, 0.2) is 65.3 Å². The molecule has 0 unspecified atom stereocenters. The molecule has 6 heteroatoms. The second-order valence-corrected chi connectivity index (χ2v) is 5.79. The van der Waals surface area contributed by atoms with Gasteiger partial charge in [0.25, 0.3) is 0 Å². The van der Waals surface area contributed by atoms with E-state index in [0.29, 0.717) is 29.7 Å². The lowest BCUT2D eigenvalue weighted by molar-refractivity contribution is -0.137. The predicted molar refractivity (Wildman–Crippen MR) is 105 cm³/mol. The number of hydrogen-bond acceptors (Lipinski definition) is 6. The molecule has 6 nitrogen and oxygen atoms in total. The molecule has 3 rings (SSSR count). The van der Waals surface area contributed by atoms with Gasteiger partial charge in [-0.3, -0.25) is 0 Å². The Labute approximate surface area is 163 Å². The van der Waals surface area contributed by atoms with Crippen molar-refractivity contribution in [3.8, 4) is 23.0 Å². The molecule has 0 spiro atoms. The van der Waals surface area contributed by atoms with E-state index in [0.717, 1.165) is 11.1 Å². The average molecular weight is 379 g/mol. The van der Waals surface area contributed by atoms with E-state index in [9.17, 15) is 4.79 Å². The average Bonchev–Trinajstić information content (AvgIpc) is 3.21. The Bertz CT molecular complexity index is 947. The van der Waals surface area contributed by atoms with E-state index >= 15 is 0 Å². The summed E-state index contributed by atoms with van der Waals surface area (Å²) in [6.45, 7) is 2.34. The Kier molecular flexibility index (Phi) is 6.46. The topological polar surface area (TPSA) is 70.8 Å². The molecule has 0 aliphatic heterocycles. The molecule has 1 heterocycles. The van der Waals surface area contributed by atoms with Crippen molar-refractivity contribution in [3.63, 3.8) is 0 Å². The van der Waals surface area contributed by atoms with E-state index in [1.54, 1.807) is 38.5 Å². The highest BCUT2D eigenvalue weighted by Crippen LogP contribution is 2.29. The van der Waals surface area contributed by atoms with Gasteiger partial charge in [-0.15, -0.1) is 0 Å². The second kappa shape index (κ2) is 9.41. The van der Waals surface area contributed by atoms with Gasteiger partial charge in [-0.1, -0.05) is 24.3 Å². The molecule has 28 heavy (non-hydrogen) atoms. The third kappa shape index (κ3) is 5.01. The summed E-state index contributed by atoms with van der Waals surface area (Å²) < 4.78 is 21.6. The van der Waals surface area contributed by atoms with Crippen molar-refractivity contribution in [1.29, 1.82) is 0 Å². The molecule has 1 aromatic heterocycles. The largest absolute Gasteiger partial charge is 0.493 e. The zero-order valence-corrected chi connectivity index (χ0v) is 15.8. The molecule has 0 saturated heterocycles. The summed E-state index contributed by atoms with van der Waals surface area (Å²) in [4.78, 5) is 15.9. The Morgan fingerprint density at radius 3 is 2.71 bits per heavy atom. The number of hydrogen-bond donors (Lipinski definition) is 0. The van der Waals surface area contributed by atoms with Gasteiger partial charge in [-0.05, 0) is 42.8 Å². The molecular weight excluding hydrogens is 358 g/mol. The molecule has 2 aromatic carbocycles. The van der Waals surface area contributed by atoms with Crippen LogP contribution in [0.3, 0.4) is 0 Å². The van der Waals surface area contributed by atoms with Gasteiger partial charge in [0.2, 0.25) is 5.89 Å². The Morgan fingerprint density at radius 1 is 1.14 bits per heavy atom. The zero-order valence-electron chi connectivity index (χ0n) is 15.8. The third-order valence-electron chi connectivity index (χ3n) is 3.83. The quantitative estimate of drug-likeness (QED) is 0.424. The smallest absolute Gasteiger partial charge is 0.330 e. The number of benzene rings is 2. The van der Waals surface area contributed by atoms with Gasteiger partial charge in [0.15, 0.2) is 11.5 Å². The number of nitrogens with zero attached hydrogens (tertiary/aromatic N) is 1. The lowest BCUT2D eigenvalue weighted by Crippen LogP contribution is -1.99. The van der Waals surface area contributed by atoms with Crippen molar-refractivity contribution in [3.05, 3.63) is 72.1 Å². The molecule has 0 radical (unpaired) electrons. The van der Waals surface area contributed by atoms with Crippen LogP contribution in [0.5, 0.6) is 11.5 Å². The van der Waals surface area contributed by atoms with E-state index in [2.05, 4.69) is 4.98 Å². The Hall–Kier alpha value is -3.54. The standard InChI is InChI=1S/C22H21NO5/c1-3-26-21(24)12-10-16-9-11-19(20(13-16)25-2)27-14-18-15-28-22(23-18)17-7-5-4-6-8-17/h4-13,15H,3,14H2,1-2H3/b12-10+. The van der Waals surface area contributed by atoms with Gasteiger partial charge < -0.3 is 18.6 Å². The van der Waals surface area contributed by atoms with Crippen molar-refractivity contribution in [2.75, 3.05) is 13.7 Å². The van der Waals surface area contributed by atoms with Crippen LogP contribution in [0.2, 0.25) is 0 Å². The number of rotatable bonds is 8. The molecule has 0 fully saturated rings. The lowest BCUT2D eigenvalue weighted by atomic mass is 10.2. The number of oxazole rings is 1. The van der Waals surface area contributed by atoms with Gasteiger partial charge in [0, 0.05) is 11.6 Å². The summed E-state index contributed by atoms with van der Waals surface area (Å²) in [5.74, 6) is 1.28. The molecule has 3 aromatic rings. The number of carbonyl (C=O) groups is 1. The molecule has 0 N–H and O–H groups in total. The highest BCUT2D eigenvalue weighted by Gasteiger charge is 2.09. The van der Waals surface area contributed by atoms with Gasteiger partial charge >= 0.3 is 5.97 Å². The molecule has 0 saturated carbocycles. The fourth-order valence-corrected chi connectivity index (χ4v) is 2.50. The molecule has 0 bridgehead atoms. The van der Waals surface area contributed by atoms with Crippen LogP contribution >= 0.6 is 0 Å². The third-order valence-corrected chi connectivity index (χ3v) is 3.83. The van der Waals surface area contributed by atoms with Crippen LogP contribution in [-0.4, -0.2) is 24.7 Å². The number of esters is 1. The molecule has 0 aliphatic carbocycles. The van der Waals surface area contributed by atoms with Crippen LogP contribution in [0.25, 0.3) is 17.5 Å². The van der Waals surface area contributed by atoms with E-state index in [1.165, 1.54) is 6.08 Å². The van der Waals surface area contributed by atoms with Crippen LogP contribution in [0.4, 0.5) is 0 Å². The minimum Gasteiger partial charge on any atom is -0.493 e. The maximum atomic E-state index is 11.4. The lowest BCUT2D eigenvalue weighted by Gasteiger charge is -2.10. The van der Waals surface area contributed by atoms with Crippen molar-refractivity contribution in [2.24, 2.45) is 0 Å². The summed E-state index contributed by atoms with van der Waals surface area (Å²) in [5, 5.41) is 0. The normalized spacial score (nSPS) is 10.8. The first-order valence-corrected chi connectivity index (χ1v) is 8.85. The van der Waals surface area contributed by atoms with Crippen molar-refractivity contribution in [2.45, 2.75) is 13.5 Å². The van der Waals surface area contributed by atoms with Gasteiger partial charge in [-0.25, -0.2) is 9.78 Å². The van der Waals surface area contributed by atoms with E-state index in [-0.39, 0.29) is 12.6 Å². The Morgan fingerprint density at radius 2 is 1.96 bits per heavy atom. The van der Waals surface area contributed by atoms with Crippen molar-refractivity contribution < 1.29 is 23.4 Å². The number of ether oxygens (including phenoxy) is 3. The fourth-order valence-electron chi connectivity index (χ4n) is 2.50. The molecule has 0 aliphatic rings. The number of aromatic nitrogens is 1. The number of carbonyl (C=O) groups excluding carboxylic acids is 1. The minimum absolute atomic E-state index is 0.241. The van der Waals surface area contributed by atoms with Crippen molar-refractivity contribution >= 4 is 12.0 Å². The van der Waals surface area contributed by atoms with E-state index in [1.807, 2.05) is 36.4 Å². The van der Waals surface area contributed by atoms with E-state index in [4.69, 9.17) is 18.6 Å². The summed E-state index contributed by atoms with van der Waals surface area (Å²) in [6, 6.07) is 15.0. The van der Waals surface area contributed by atoms with Crippen LogP contribution in [0, 0.1) is 0 Å². The number of methoxy groups -OCH3 is 1. The first-order valence-electron chi connectivity index (χ1n) is 8.85. The maximum absolute atomic E-state index is 11.4. The SMILES string of the molecule is CCOC(=O)/C=C/c1ccc(OCc2coc(-c3ccccc3)n2)c(OC)c1. The van der Waals surface area contributed by atoms with Crippen LogP contribution < -0.4 is 9.47 Å². The Balaban J connectivity index is 1.66. The first-order chi connectivity index (χ1) is 13.7. The summed E-state index contributed by atoms with van der Waals surface area (Å²) in [5.41, 5.74) is 2.38. The van der Waals surface area contributed by atoms with Crippen LogP contribution in [-0.2, 0) is 16.1 Å². The highest BCUT2D eigenvalue weighted by molar-refractivity contribution is 5.87. The first kappa shape index (κ1) is 19.2. The van der Waals surface area contributed by atoms with Gasteiger partial charge in [0.1, 0.15) is 18.6 Å². The molecule has 144 valence electrons. The highest BCUT2D eigenvalue weighted by atomic mass is 16.5. The van der Waals surface area contributed by atoms with Gasteiger partial charge in [-0.2, -0.15) is 0 Å². The monoisotopic (exact) mass is 379 g/mol. The molecule has 0 atom stereocenters. The van der Waals surface area contributed by atoms with E-state index < -0.39 is 0 Å². The minimum atomic E-state index is -0.387. The summed E-state index contributed by atoms with van der Waals surface area (Å²) >= 11 is 0. The second-order valence-electron chi connectivity index (χ2n) is 5.79. The van der Waals surface area contributed by atoms with Gasteiger partial charge in [0.05, 0.1) is 13.7 Å². The predicted octanol–water partition coefficient (Wildman–Crippen LogP) is 4.51. The fraction of sp³-hybridized carbons (Fsp3) is 0.182. The molecular formula is C22H21NO5. The maximum Gasteiger partial charge on any atom is 0.330 e. The van der Waals surface area contributed by atoms with Crippen molar-refractivity contribution in [1.82, 2.24) is 4.98 Å². The summed E-state index contributed by atoms with van der Waals surface area (Å²) in [6.07, 6.45) is 4.61. The zero-order chi connectivity index (χ0) is 19.8. The molecule has 0 amide bonds. The van der Waals surface area contributed by atoms with Crippen LogP contribution in [0.1, 0.15) is 18.2 Å². The summed E-state index contributed by atoms with van der Waals surface area (Å²) in [7, 11) is 1.56.